The Morgan fingerprint density at radius 2 is 1.74 bits per heavy atom. The van der Waals surface area contributed by atoms with Gasteiger partial charge in [-0.1, -0.05) is 6.07 Å². The Balaban J connectivity index is 2.25. The fraction of sp³-hybridized carbons (Fsp3) is 0.0714. The third kappa shape index (κ3) is 2.88. The second-order valence-electron chi connectivity index (χ2n) is 3.87. The maximum absolute atomic E-state index is 13.5. The van der Waals surface area contributed by atoms with Gasteiger partial charge in [-0.05, 0) is 36.4 Å². The van der Waals surface area contributed by atoms with Gasteiger partial charge >= 0.3 is 0 Å². The smallest absolute Gasteiger partial charge is 0.257 e. The second-order valence-corrected chi connectivity index (χ2v) is 3.87. The molecule has 19 heavy (non-hydrogen) atoms. The molecule has 0 saturated carbocycles. The van der Waals surface area contributed by atoms with Crippen LogP contribution in [0.1, 0.15) is 10.4 Å². The third-order valence-corrected chi connectivity index (χ3v) is 2.61. The highest BCUT2D eigenvalue weighted by Crippen LogP contribution is 2.20. The summed E-state index contributed by atoms with van der Waals surface area (Å²) in [5.41, 5.74) is 0.756. The van der Waals surface area contributed by atoms with Crippen LogP contribution in [-0.4, -0.2) is 13.0 Å². The maximum Gasteiger partial charge on any atom is 0.257 e. The van der Waals surface area contributed by atoms with Crippen molar-refractivity contribution in [2.75, 3.05) is 17.7 Å². The summed E-state index contributed by atoms with van der Waals surface area (Å²) in [6.45, 7) is 0. The van der Waals surface area contributed by atoms with Gasteiger partial charge in [-0.15, -0.1) is 0 Å². The molecule has 2 rings (SSSR count). The Morgan fingerprint density at radius 1 is 1.05 bits per heavy atom. The van der Waals surface area contributed by atoms with Crippen molar-refractivity contribution in [2.24, 2.45) is 0 Å². The quantitative estimate of drug-likeness (QED) is 0.891. The van der Waals surface area contributed by atoms with Gasteiger partial charge in [0.05, 0.1) is 11.3 Å². The van der Waals surface area contributed by atoms with Crippen LogP contribution >= 0.6 is 0 Å². The monoisotopic (exact) mass is 262 g/mol. The van der Waals surface area contributed by atoms with Crippen LogP contribution < -0.4 is 10.6 Å². The van der Waals surface area contributed by atoms with E-state index in [1.54, 1.807) is 0 Å². The molecule has 98 valence electrons. The topological polar surface area (TPSA) is 41.1 Å². The van der Waals surface area contributed by atoms with E-state index in [0.29, 0.717) is 5.69 Å². The van der Waals surface area contributed by atoms with E-state index in [0.717, 1.165) is 0 Å². The molecule has 0 aliphatic carbocycles. The third-order valence-electron chi connectivity index (χ3n) is 2.61. The molecule has 0 aliphatic heterocycles. The first-order valence-corrected chi connectivity index (χ1v) is 5.65. The minimum atomic E-state index is -0.505. The SMILES string of the molecule is CNc1c(F)cccc1C(=O)Nc1ccc(F)cc1. The van der Waals surface area contributed by atoms with Crippen LogP contribution in [0, 0.1) is 11.6 Å². The molecule has 2 aromatic rings. The van der Waals surface area contributed by atoms with Gasteiger partial charge in [0.25, 0.3) is 5.91 Å². The number of hydrogen-bond acceptors (Lipinski definition) is 2. The standard InChI is InChI=1S/C14H12F2N2O/c1-17-13-11(3-2-4-12(13)16)14(19)18-10-7-5-9(15)6-8-10/h2-8,17H,1H3,(H,18,19). The van der Waals surface area contributed by atoms with Gasteiger partial charge in [-0.2, -0.15) is 0 Å². The van der Waals surface area contributed by atoms with Crippen LogP contribution in [0.3, 0.4) is 0 Å². The Bertz CT molecular complexity index is 597. The normalized spacial score (nSPS) is 10.1. The average Bonchev–Trinajstić information content (AvgIpc) is 2.41. The predicted molar refractivity (Wildman–Crippen MR) is 70.3 cm³/mol. The van der Waals surface area contributed by atoms with Crippen molar-refractivity contribution >= 4 is 17.3 Å². The van der Waals surface area contributed by atoms with Crippen molar-refractivity contribution in [3.8, 4) is 0 Å². The van der Waals surface area contributed by atoms with Gasteiger partial charge in [0.15, 0.2) is 0 Å². The highest BCUT2D eigenvalue weighted by Gasteiger charge is 2.14. The summed E-state index contributed by atoms with van der Waals surface area (Å²) in [7, 11) is 1.53. The largest absolute Gasteiger partial charge is 0.385 e. The Hall–Kier alpha value is -2.43. The van der Waals surface area contributed by atoms with E-state index in [-0.39, 0.29) is 17.1 Å². The number of benzene rings is 2. The molecule has 3 nitrogen and oxygen atoms in total. The van der Waals surface area contributed by atoms with Gasteiger partial charge in [-0.3, -0.25) is 4.79 Å². The second kappa shape index (κ2) is 5.48. The van der Waals surface area contributed by atoms with Crippen LogP contribution in [-0.2, 0) is 0 Å². The van der Waals surface area contributed by atoms with Gasteiger partial charge in [-0.25, -0.2) is 8.78 Å². The molecule has 0 atom stereocenters. The Labute approximate surface area is 109 Å². The van der Waals surface area contributed by atoms with Crippen molar-refractivity contribution < 1.29 is 13.6 Å². The number of halogens is 2. The average molecular weight is 262 g/mol. The number of anilines is 2. The number of nitrogens with one attached hydrogen (secondary N) is 2. The first-order valence-electron chi connectivity index (χ1n) is 5.65. The summed E-state index contributed by atoms with van der Waals surface area (Å²) < 4.78 is 26.3. The fourth-order valence-corrected chi connectivity index (χ4v) is 1.70. The molecule has 1 amide bonds. The Morgan fingerprint density at radius 3 is 2.37 bits per heavy atom. The summed E-state index contributed by atoms with van der Waals surface area (Å²) in [5.74, 6) is -1.36. The number of carbonyl (C=O) groups excluding carboxylic acids is 1. The first-order chi connectivity index (χ1) is 9.11. The molecule has 2 N–H and O–H groups in total. The molecule has 0 saturated heterocycles. The zero-order valence-corrected chi connectivity index (χ0v) is 10.2. The van der Waals surface area contributed by atoms with E-state index < -0.39 is 11.7 Å². The zero-order chi connectivity index (χ0) is 13.8. The lowest BCUT2D eigenvalue weighted by atomic mass is 10.1. The zero-order valence-electron chi connectivity index (χ0n) is 10.2. The lowest BCUT2D eigenvalue weighted by Crippen LogP contribution is -2.14. The van der Waals surface area contributed by atoms with Crippen LogP contribution in [0.15, 0.2) is 42.5 Å². The van der Waals surface area contributed by atoms with Crippen LogP contribution in [0.25, 0.3) is 0 Å². The van der Waals surface area contributed by atoms with Crippen LogP contribution in [0.2, 0.25) is 0 Å². The molecule has 0 aliphatic rings. The van der Waals surface area contributed by atoms with E-state index >= 15 is 0 Å². The van der Waals surface area contributed by atoms with Crippen molar-refractivity contribution in [2.45, 2.75) is 0 Å². The molecule has 0 bridgehead atoms. The summed E-state index contributed by atoms with van der Waals surface area (Å²) in [6, 6.07) is 9.57. The molecular formula is C14H12F2N2O. The number of amides is 1. The minimum Gasteiger partial charge on any atom is -0.385 e. The van der Waals surface area contributed by atoms with E-state index in [9.17, 15) is 13.6 Å². The highest BCUT2D eigenvalue weighted by molar-refractivity contribution is 6.08. The fourth-order valence-electron chi connectivity index (χ4n) is 1.70. The van der Waals surface area contributed by atoms with Crippen molar-refractivity contribution in [3.63, 3.8) is 0 Å². The molecule has 5 heteroatoms. The highest BCUT2D eigenvalue weighted by atomic mass is 19.1. The first kappa shape index (κ1) is 13.0. The van der Waals surface area contributed by atoms with Gasteiger partial charge in [0, 0.05) is 12.7 Å². The van der Waals surface area contributed by atoms with E-state index in [2.05, 4.69) is 10.6 Å². The van der Waals surface area contributed by atoms with Crippen molar-refractivity contribution in [1.82, 2.24) is 0 Å². The van der Waals surface area contributed by atoms with Crippen LogP contribution in [0.5, 0.6) is 0 Å². The number of rotatable bonds is 3. The molecule has 0 unspecified atom stereocenters. The maximum atomic E-state index is 13.5. The van der Waals surface area contributed by atoms with E-state index in [1.165, 1.54) is 49.5 Å². The molecule has 0 radical (unpaired) electrons. The lowest BCUT2D eigenvalue weighted by Gasteiger charge is -2.10. The van der Waals surface area contributed by atoms with Gasteiger partial charge in [0.2, 0.25) is 0 Å². The summed E-state index contributed by atoms with van der Waals surface area (Å²) in [6.07, 6.45) is 0. The Kier molecular flexibility index (Phi) is 3.75. The molecular weight excluding hydrogens is 250 g/mol. The molecule has 0 spiro atoms. The molecule has 0 heterocycles. The van der Waals surface area contributed by atoms with Crippen LogP contribution in [0.4, 0.5) is 20.2 Å². The number of hydrogen-bond donors (Lipinski definition) is 2. The van der Waals surface area contributed by atoms with Gasteiger partial charge in [0.1, 0.15) is 11.6 Å². The van der Waals surface area contributed by atoms with Crippen molar-refractivity contribution in [3.05, 3.63) is 59.7 Å². The number of carbonyl (C=O) groups is 1. The predicted octanol–water partition coefficient (Wildman–Crippen LogP) is 3.26. The van der Waals surface area contributed by atoms with E-state index in [1.807, 2.05) is 0 Å². The molecule has 0 fully saturated rings. The summed E-state index contributed by atoms with van der Waals surface area (Å²) in [5, 5.41) is 5.22. The van der Waals surface area contributed by atoms with E-state index in [4.69, 9.17) is 0 Å². The van der Waals surface area contributed by atoms with Crippen molar-refractivity contribution in [1.29, 1.82) is 0 Å². The molecule has 0 aromatic heterocycles. The molecule has 2 aromatic carbocycles. The lowest BCUT2D eigenvalue weighted by molar-refractivity contribution is 0.102. The summed E-state index contributed by atoms with van der Waals surface area (Å²) >= 11 is 0. The summed E-state index contributed by atoms with van der Waals surface area (Å²) in [4.78, 5) is 12.0. The van der Waals surface area contributed by atoms with Gasteiger partial charge < -0.3 is 10.6 Å². The number of para-hydroxylation sites is 1. The minimum absolute atomic E-state index is 0.127.